The Morgan fingerprint density at radius 2 is 1.95 bits per heavy atom. The van der Waals surface area contributed by atoms with Gasteiger partial charge in [-0.05, 0) is 30.5 Å². The van der Waals surface area contributed by atoms with E-state index in [0.29, 0.717) is 24.3 Å². The lowest BCUT2D eigenvalue weighted by Gasteiger charge is -2.07. The summed E-state index contributed by atoms with van der Waals surface area (Å²) in [6.07, 6.45) is 4.11. The Labute approximate surface area is 133 Å². The molecule has 1 aromatic carbocycles. The van der Waals surface area contributed by atoms with Gasteiger partial charge in [-0.1, -0.05) is 25.5 Å². The van der Waals surface area contributed by atoms with Gasteiger partial charge in [0.2, 0.25) is 0 Å². The molecule has 6 heteroatoms. The number of sulfone groups is 1. The average Bonchev–Trinajstić information content (AvgIpc) is 2.44. The lowest BCUT2D eigenvalue weighted by atomic mass is 10.1. The summed E-state index contributed by atoms with van der Waals surface area (Å²) in [6, 6.07) is 6.70. The van der Waals surface area contributed by atoms with E-state index in [4.69, 9.17) is 4.74 Å². The van der Waals surface area contributed by atoms with Crippen molar-refractivity contribution in [3.63, 3.8) is 0 Å². The third-order valence-corrected chi connectivity index (χ3v) is 3.87. The van der Waals surface area contributed by atoms with Gasteiger partial charge in [0.05, 0.1) is 5.75 Å². The second-order valence-electron chi connectivity index (χ2n) is 5.35. The third kappa shape index (κ3) is 8.14. The summed E-state index contributed by atoms with van der Waals surface area (Å²) in [5.74, 6) is -0.247. The van der Waals surface area contributed by atoms with Crippen molar-refractivity contribution in [1.82, 2.24) is 5.32 Å². The molecule has 0 atom stereocenters. The van der Waals surface area contributed by atoms with E-state index in [1.54, 1.807) is 24.3 Å². The molecule has 1 aromatic rings. The maximum atomic E-state index is 12.0. The number of benzene rings is 1. The first-order chi connectivity index (χ1) is 10.4. The van der Waals surface area contributed by atoms with Gasteiger partial charge in [-0.15, -0.1) is 0 Å². The molecule has 124 valence electrons. The topological polar surface area (TPSA) is 72.5 Å². The van der Waals surface area contributed by atoms with E-state index in [1.165, 1.54) is 6.26 Å². The van der Waals surface area contributed by atoms with E-state index in [-0.39, 0.29) is 11.7 Å². The molecule has 0 aliphatic carbocycles. The van der Waals surface area contributed by atoms with Gasteiger partial charge in [0.25, 0.3) is 5.91 Å². The zero-order valence-electron chi connectivity index (χ0n) is 13.3. The van der Waals surface area contributed by atoms with Gasteiger partial charge < -0.3 is 10.1 Å². The first-order valence-electron chi connectivity index (χ1n) is 7.55. The van der Waals surface area contributed by atoms with Gasteiger partial charge in [-0.25, -0.2) is 8.42 Å². The third-order valence-electron chi connectivity index (χ3n) is 3.01. The molecule has 0 bridgehead atoms. The van der Waals surface area contributed by atoms with Crippen LogP contribution in [-0.2, 0) is 20.3 Å². The highest BCUT2D eigenvalue weighted by molar-refractivity contribution is 7.89. The molecule has 0 aromatic heterocycles. The van der Waals surface area contributed by atoms with Gasteiger partial charge in [-0.3, -0.25) is 4.79 Å². The SMILES string of the molecule is CCCCOCCCNC(=O)c1cccc(CS(C)(=O)=O)c1. The molecule has 22 heavy (non-hydrogen) atoms. The molecule has 0 spiro atoms. The predicted molar refractivity (Wildman–Crippen MR) is 87.7 cm³/mol. The minimum Gasteiger partial charge on any atom is -0.381 e. The van der Waals surface area contributed by atoms with Crippen LogP contribution in [0, 0.1) is 0 Å². The minimum absolute atomic E-state index is 0.0562. The maximum Gasteiger partial charge on any atom is 0.251 e. The van der Waals surface area contributed by atoms with Crippen LogP contribution in [-0.4, -0.2) is 40.3 Å². The Balaban J connectivity index is 2.38. The number of unbranched alkanes of at least 4 members (excludes halogenated alkanes) is 1. The van der Waals surface area contributed by atoms with Gasteiger partial charge >= 0.3 is 0 Å². The quantitative estimate of drug-likeness (QED) is 0.669. The van der Waals surface area contributed by atoms with Crippen LogP contribution in [0.2, 0.25) is 0 Å². The van der Waals surface area contributed by atoms with Crippen LogP contribution in [0.3, 0.4) is 0 Å². The lowest BCUT2D eigenvalue weighted by molar-refractivity contribution is 0.0940. The maximum absolute atomic E-state index is 12.0. The average molecular weight is 327 g/mol. The van der Waals surface area contributed by atoms with E-state index < -0.39 is 9.84 Å². The molecule has 1 rings (SSSR count). The van der Waals surface area contributed by atoms with Crippen LogP contribution >= 0.6 is 0 Å². The Kier molecular flexibility index (Phi) is 8.12. The second-order valence-corrected chi connectivity index (χ2v) is 7.49. The van der Waals surface area contributed by atoms with Crippen LogP contribution in [0.1, 0.15) is 42.1 Å². The number of hydrogen-bond donors (Lipinski definition) is 1. The summed E-state index contributed by atoms with van der Waals surface area (Å²) in [5.41, 5.74) is 1.10. The molecule has 1 amide bonds. The van der Waals surface area contributed by atoms with Crippen LogP contribution in [0.4, 0.5) is 0 Å². The normalized spacial score (nSPS) is 11.4. The Hall–Kier alpha value is -1.40. The highest BCUT2D eigenvalue weighted by Gasteiger charge is 2.09. The summed E-state index contributed by atoms with van der Waals surface area (Å²) in [4.78, 5) is 12.0. The summed E-state index contributed by atoms with van der Waals surface area (Å²) in [6.45, 7) is 4.05. The zero-order chi connectivity index (χ0) is 16.4. The lowest BCUT2D eigenvalue weighted by Crippen LogP contribution is -2.25. The van der Waals surface area contributed by atoms with Crippen LogP contribution < -0.4 is 5.32 Å². The van der Waals surface area contributed by atoms with Gasteiger partial charge in [-0.2, -0.15) is 0 Å². The summed E-state index contributed by atoms with van der Waals surface area (Å²) < 4.78 is 28.0. The molecule has 0 radical (unpaired) electrons. The molecular weight excluding hydrogens is 302 g/mol. The van der Waals surface area contributed by atoms with Crippen LogP contribution in [0.15, 0.2) is 24.3 Å². The Bertz CT molecular complexity index is 569. The van der Waals surface area contributed by atoms with Gasteiger partial charge in [0.1, 0.15) is 0 Å². The smallest absolute Gasteiger partial charge is 0.251 e. The van der Waals surface area contributed by atoms with Crippen molar-refractivity contribution >= 4 is 15.7 Å². The first-order valence-corrected chi connectivity index (χ1v) is 9.61. The fourth-order valence-electron chi connectivity index (χ4n) is 1.93. The molecule has 1 N–H and O–H groups in total. The van der Waals surface area contributed by atoms with E-state index in [1.807, 2.05) is 0 Å². The van der Waals surface area contributed by atoms with Crippen molar-refractivity contribution < 1.29 is 17.9 Å². The highest BCUT2D eigenvalue weighted by atomic mass is 32.2. The molecule has 0 aliphatic rings. The number of carbonyl (C=O) groups excluding carboxylic acids is 1. The predicted octanol–water partition coefficient (Wildman–Crippen LogP) is 2.17. The molecule has 5 nitrogen and oxygen atoms in total. The molecule has 0 aliphatic heterocycles. The first kappa shape index (κ1) is 18.6. The van der Waals surface area contributed by atoms with Crippen LogP contribution in [0.25, 0.3) is 0 Å². The second kappa shape index (κ2) is 9.58. The number of carbonyl (C=O) groups is 1. The summed E-state index contributed by atoms with van der Waals surface area (Å²) in [7, 11) is -3.10. The van der Waals surface area contributed by atoms with E-state index in [0.717, 1.165) is 25.9 Å². The molecule has 0 saturated carbocycles. The standard InChI is InChI=1S/C16H25NO4S/c1-3-4-10-21-11-6-9-17-16(18)15-8-5-7-14(12-15)13-22(2,19)20/h5,7-8,12H,3-4,6,9-11,13H2,1-2H3,(H,17,18). The minimum atomic E-state index is -3.10. The van der Waals surface area contributed by atoms with Crippen LogP contribution in [0.5, 0.6) is 0 Å². The molecule has 0 heterocycles. The molecule has 0 saturated heterocycles. The largest absolute Gasteiger partial charge is 0.381 e. The van der Waals surface area contributed by atoms with E-state index in [9.17, 15) is 13.2 Å². The van der Waals surface area contributed by atoms with E-state index in [2.05, 4.69) is 12.2 Å². The fourth-order valence-corrected chi connectivity index (χ4v) is 2.72. The van der Waals surface area contributed by atoms with E-state index >= 15 is 0 Å². The van der Waals surface area contributed by atoms with Crippen molar-refractivity contribution in [2.75, 3.05) is 26.0 Å². The highest BCUT2D eigenvalue weighted by Crippen LogP contribution is 2.08. The molecule has 0 unspecified atom stereocenters. The number of rotatable bonds is 10. The number of nitrogens with one attached hydrogen (secondary N) is 1. The molecular formula is C16H25NO4S. The molecule has 0 fully saturated rings. The zero-order valence-corrected chi connectivity index (χ0v) is 14.1. The number of ether oxygens (including phenoxy) is 1. The van der Waals surface area contributed by atoms with Crippen molar-refractivity contribution in [1.29, 1.82) is 0 Å². The Morgan fingerprint density at radius 3 is 2.64 bits per heavy atom. The van der Waals surface area contributed by atoms with Crippen molar-refractivity contribution in [3.8, 4) is 0 Å². The fraction of sp³-hybridized carbons (Fsp3) is 0.562. The number of hydrogen-bond acceptors (Lipinski definition) is 4. The monoisotopic (exact) mass is 327 g/mol. The van der Waals surface area contributed by atoms with Gasteiger partial charge in [0.15, 0.2) is 9.84 Å². The van der Waals surface area contributed by atoms with Crippen molar-refractivity contribution in [2.45, 2.75) is 31.9 Å². The van der Waals surface area contributed by atoms with Crippen molar-refractivity contribution in [3.05, 3.63) is 35.4 Å². The van der Waals surface area contributed by atoms with Gasteiger partial charge in [0, 0.05) is 31.6 Å². The summed E-state index contributed by atoms with van der Waals surface area (Å²) in [5, 5.41) is 2.81. The van der Waals surface area contributed by atoms with Crippen molar-refractivity contribution in [2.24, 2.45) is 0 Å². The summed E-state index contributed by atoms with van der Waals surface area (Å²) >= 11 is 0. The number of amides is 1. The Morgan fingerprint density at radius 1 is 1.23 bits per heavy atom.